The minimum absolute atomic E-state index is 0.479. The summed E-state index contributed by atoms with van der Waals surface area (Å²) in [4.78, 5) is 13.2. The van der Waals surface area contributed by atoms with E-state index < -0.39 is 12.0 Å². The lowest BCUT2D eigenvalue weighted by Gasteiger charge is -2.26. The molecule has 0 aliphatic carbocycles. The van der Waals surface area contributed by atoms with Crippen LogP contribution < -0.4 is 15.8 Å². The largest absolute Gasteiger partial charge is 0.492 e. The summed E-state index contributed by atoms with van der Waals surface area (Å²) in [7, 11) is 0. The number of hydrogen-bond acceptors (Lipinski definition) is 5. The van der Waals surface area contributed by atoms with Crippen molar-refractivity contribution in [2.45, 2.75) is 6.10 Å². The van der Waals surface area contributed by atoms with E-state index in [1.807, 2.05) is 0 Å². The van der Waals surface area contributed by atoms with Gasteiger partial charge in [0.2, 0.25) is 0 Å². The number of amides is 1. The summed E-state index contributed by atoms with van der Waals surface area (Å²) in [6, 6.07) is 6.77. The fraction of sp³-hybridized carbons (Fsp3) is 0.500. The van der Waals surface area contributed by atoms with Crippen LogP contribution in [0.2, 0.25) is 0 Å². The molecule has 1 aromatic rings. The Labute approximate surface area is 118 Å². The van der Waals surface area contributed by atoms with Gasteiger partial charge < -0.3 is 20.9 Å². The molecule has 1 heterocycles. The fourth-order valence-electron chi connectivity index (χ4n) is 2.14. The van der Waals surface area contributed by atoms with Gasteiger partial charge in [0, 0.05) is 32.7 Å². The molecule has 0 radical (unpaired) electrons. The zero-order valence-electron chi connectivity index (χ0n) is 11.4. The Kier molecular flexibility index (Phi) is 5.34. The first-order valence-electron chi connectivity index (χ1n) is 6.80. The van der Waals surface area contributed by atoms with Gasteiger partial charge in [-0.05, 0) is 17.7 Å². The summed E-state index contributed by atoms with van der Waals surface area (Å²) in [6.45, 7) is 5.67. The van der Waals surface area contributed by atoms with E-state index in [2.05, 4.69) is 10.2 Å². The molecule has 1 aliphatic heterocycles. The number of aliphatic hydroxyl groups excluding tert-OH is 1. The van der Waals surface area contributed by atoms with Crippen LogP contribution in [0.15, 0.2) is 24.3 Å². The van der Waals surface area contributed by atoms with Crippen LogP contribution >= 0.6 is 0 Å². The number of hydrogen-bond donors (Lipinski definition) is 3. The van der Waals surface area contributed by atoms with E-state index in [1.54, 1.807) is 24.3 Å². The predicted molar refractivity (Wildman–Crippen MR) is 75.4 cm³/mol. The number of piperazine rings is 1. The van der Waals surface area contributed by atoms with E-state index >= 15 is 0 Å². The number of nitrogens with zero attached hydrogens (tertiary/aromatic N) is 1. The Hall–Kier alpha value is -1.63. The van der Waals surface area contributed by atoms with E-state index in [4.69, 9.17) is 10.5 Å². The second kappa shape index (κ2) is 7.23. The van der Waals surface area contributed by atoms with Crippen molar-refractivity contribution in [2.75, 3.05) is 39.3 Å². The zero-order chi connectivity index (χ0) is 14.4. The van der Waals surface area contributed by atoms with Crippen LogP contribution in [0, 0.1) is 0 Å². The van der Waals surface area contributed by atoms with Gasteiger partial charge in [-0.25, -0.2) is 0 Å². The molecule has 1 fully saturated rings. The van der Waals surface area contributed by atoms with Gasteiger partial charge in [-0.15, -0.1) is 0 Å². The van der Waals surface area contributed by atoms with Crippen LogP contribution in [0.5, 0.6) is 5.75 Å². The molecule has 6 nitrogen and oxygen atoms in total. The highest BCUT2D eigenvalue weighted by Gasteiger charge is 2.13. The van der Waals surface area contributed by atoms with Gasteiger partial charge in [0.1, 0.15) is 12.4 Å². The molecule has 4 N–H and O–H groups in total. The first kappa shape index (κ1) is 14.8. The normalized spacial score (nSPS) is 17.6. The maximum absolute atomic E-state index is 10.9. The van der Waals surface area contributed by atoms with E-state index in [1.165, 1.54) is 0 Å². The number of rotatable bonds is 6. The van der Waals surface area contributed by atoms with Crippen LogP contribution in [0.4, 0.5) is 0 Å². The lowest BCUT2D eigenvalue weighted by molar-refractivity contribution is -0.126. The summed E-state index contributed by atoms with van der Waals surface area (Å²) in [5.74, 6) is -0.0297. The van der Waals surface area contributed by atoms with Crippen molar-refractivity contribution >= 4 is 5.91 Å². The molecule has 0 aromatic heterocycles. The number of nitrogens with one attached hydrogen (secondary N) is 1. The molecule has 0 spiro atoms. The number of carbonyl (C=O) groups excluding carboxylic acids is 1. The highest BCUT2D eigenvalue weighted by Crippen LogP contribution is 2.17. The Morgan fingerprint density at radius 1 is 1.35 bits per heavy atom. The van der Waals surface area contributed by atoms with Gasteiger partial charge in [0.05, 0.1) is 0 Å². The van der Waals surface area contributed by atoms with Crippen molar-refractivity contribution in [3.05, 3.63) is 29.8 Å². The second-order valence-corrected chi connectivity index (χ2v) is 4.81. The summed E-state index contributed by atoms with van der Waals surface area (Å²) in [6.07, 6.45) is -1.26. The van der Waals surface area contributed by atoms with E-state index in [0.717, 1.165) is 38.5 Å². The molecular weight excluding hydrogens is 258 g/mol. The average molecular weight is 279 g/mol. The van der Waals surface area contributed by atoms with Gasteiger partial charge in [-0.2, -0.15) is 0 Å². The topological polar surface area (TPSA) is 87.8 Å². The number of ether oxygens (including phenoxy) is 1. The molecule has 1 amide bonds. The minimum atomic E-state index is -1.26. The smallest absolute Gasteiger partial charge is 0.250 e. The highest BCUT2D eigenvalue weighted by atomic mass is 16.5. The first-order chi connectivity index (χ1) is 9.66. The second-order valence-electron chi connectivity index (χ2n) is 4.81. The van der Waals surface area contributed by atoms with Gasteiger partial charge in [-0.1, -0.05) is 12.1 Å². The van der Waals surface area contributed by atoms with Crippen molar-refractivity contribution in [3.8, 4) is 5.75 Å². The Morgan fingerprint density at radius 3 is 2.60 bits per heavy atom. The third-order valence-corrected chi connectivity index (χ3v) is 3.35. The first-order valence-corrected chi connectivity index (χ1v) is 6.80. The van der Waals surface area contributed by atoms with Crippen LogP contribution in [-0.2, 0) is 4.79 Å². The monoisotopic (exact) mass is 279 g/mol. The summed E-state index contributed by atoms with van der Waals surface area (Å²) in [5, 5.41) is 12.8. The Morgan fingerprint density at radius 2 is 2.00 bits per heavy atom. The number of benzene rings is 1. The summed E-state index contributed by atoms with van der Waals surface area (Å²) < 4.78 is 5.64. The van der Waals surface area contributed by atoms with Crippen molar-refractivity contribution in [1.29, 1.82) is 0 Å². The predicted octanol–water partition coefficient (Wildman–Crippen LogP) is -0.511. The molecular formula is C14H21N3O3. The maximum Gasteiger partial charge on any atom is 0.250 e. The third kappa shape index (κ3) is 4.19. The average Bonchev–Trinajstić information content (AvgIpc) is 2.48. The summed E-state index contributed by atoms with van der Waals surface area (Å²) in [5.41, 5.74) is 5.52. The van der Waals surface area contributed by atoms with Crippen molar-refractivity contribution < 1.29 is 14.6 Å². The molecule has 2 rings (SSSR count). The Bertz CT molecular complexity index is 430. The van der Waals surface area contributed by atoms with Crippen LogP contribution in [0.1, 0.15) is 11.7 Å². The Balaban J connectivity index is 1.77. The van der Waals surface area contributed by atoms with Crippen molar-refractivity contribution in [1.82, 2.24) is 10.2 Å². The lowest BCUT2D eigenvalue weighted by Crippen LogP contribution is -2.44. The molecule has 1 unspecified atom stereocenters. The molecule has 1 aliphatic rings. The van der Waals surface area contributed by atoms with Gasteiger partial charge in [-0.3, -0.25) is 9.69 Å². The molecule has 1 saturated heterocycles. The zero-order valence-corrected chi connectivity index (χ0v) is 11.4. The van der Waals surface area contributed by atoms with Gasteiger partial charge in [0.15, 0.2) is 6.10 Å². The van der Waals surface area contributed by atoms with Gasteiger partial charge in [0.25, 0.3) is 5.91 Å². The van der Waals surface area contributed by atoms with Gasteiger partial charge >= 0.3 is 0 Å². The molecule has 20 heavy (non-hydrogen) atoms. The number of primary amides is 1. The molecule has 1 atom stereocenters. The van der Waals surface area contributed by atoms with Crippen molar-refractivity contribution in [2.24, 2.45) is 5.73 Å². The summed E-state index contributed by atoms with van der Waals surface area (Å²) >= 11 is 0. The van der Waals surface area contributed by atoms with Crippen LogP contribution in [0.3, 0.4) is 0 Å². The lowest BCUT2D eigenvalue weighted by atomic mass is 10.1. The standard InChI is InChI=1S/C14H21N3O3/c15-14(19)13(18)11-1-3-12(4-2-11)20-10-9-17-7-5-16-6-8-17/h1-4,13,16,18H,5-10H2,(H2,15,19). The van der Waals surface area contributed by atoms with Crippen LogP contribution in [0.25, 0.3) is 0 Å². The molecule has 1 aromatic carbocycles. The molecule has 6 heteroatoms. The highest BCUT2D eigenvalue weighted by molar-refractivity contribution is 5.80. The van der Waals surface area contributed by atoms with Crippen molar-refractivity contribution in [3.63, 3.8) is 0 Å². The van der Waals surface area contributed by atoms with Crippen LogP contribution in [-0.4, -0.2) is 55.2 Å². The van der Waals surface area contributed by atoms with E-state index in [-0.39, 0.29) is 0 Å². The van der Waals surface area contributed by atoms with E-state index in [0.29, 0.717) is 12.2 Å². The number of carbonyl (C=O) groups is 1. The fourth-order valence-corrected chi connectivity index (χ4v) is 2.14. The number of nitrogens with two attached hydrogens (primary N) is 1. The maximum atomic E-state index is 10.9. The quantitative estimate of drug-likeness (QED) is 0.653. The molecule has 110 valence electrons. The SMILES string of the molecule is NC(=O)C(O)c1ccc(OCCN2CCNCC2)cc1. The third-order valence-electron chi connectivity index (χ3n) is 3.35. The minimum Gasteiger partial charge on any atom is -0.492 e. The molecule has 0 bridgehead atoms. The van der Waals surface area contributed by atoms with E-state index in [9.17, 15) is 9.90 Å². The number of aliphatic hydroxyl groups is 1. The molecule has 0 saturated carbocycles.